The lowest BCUT2D eigenvalue weighted by atomic mass is 9.98. The highest BCUT2D eigenvalue weighted by Crippen LogP contribution is 2.64. The largest absolute Gasteiger partial charge is 0.465 e. The van der Waals surface area contributed by atoms with Gasteiger partial charge in [-0.05, 0) is 30.4 Å². The highest BCUT2D eigenvalue weighted by Gasteiger charge is 2.68. The second-order valence-corrected chi connectivity index (χ2v) is 9.65. The summed E-state index contributed by atoms with van der Waals surface area (Å²) in [6.07, 6.45) is 0.372. The topological polar surface area (TPSA) is 55.4 Å². The number of carbonyl (C=O) groups is 2. The summed E-state index contributed by atoms with van der Waals surface area (Å²) in [5.41, 5.74) is 2.29. The number of halogens is 2. The van der Waals surface area contributed by atoms with Gasteiger partial charge in [0.15, 0.2) is 0 Å². The third-order valence-corrected chi connectivity index (χ3v) is 7.05. The molecule has 1 saturated carbocycles. The first-order valence-electron chi connectivity index (χ1n) is 8.60. The van der Waals surface area contributed by atoms with Crippen LogP contribution in [0.15, 0.2) is 29.6 Å². The summed E-state index contributed by atoms with van der Waals surface area (Å²) in [7, 11) is 1.32. The molecule has 0 aliphatic heterocycles. The van der Waals surface area contributed by atoms with Crippen molar-refractivity contribution in [1.29, 1.82) is 0 Å². The molecule has 144 valence electrons. The van der Waals surface area contributed by atoms with Crippen LogP contribution in [0.2, 0.25) is 0 Å². The predicted octanol–water partition coefficient (Wildman–Crippen LogP) is 5.85. The third kappa shape index (κ3) is 3.60. The quantitative estimate of drug-likeness (QED) is 0.482. The summed E-state index contributed by atoms with van der Waals surface area (Å²) >= 11 is 13.5. The molecule has 1 aromatic carbocycles. The number of ether oxygens (including phenoxy) is 1. The number of methoxy groups -OCH3 is 1. The van der Waals surface area contributed by atoms with Gasteiger partial charge in [0.25, 0.3) is 0 Å². The van der Waals surface area contributed by atoms with Crippen molar-refractivity contribution in [2.75, 3.05) is 12.4 Å². The average molecular weight is 426 g/mol. The SMILES string of the molecule is COC(=O)c1c(-c2ccc(C(C)C)cc2)csc1NC(=O)C1(C)CC1(Cl)Cl. The van der Waals surface area contributed by atoms with Gasteiger partial charge in [-0.25, -0.2) is 4.79 Å². The van der Waals surface area contributed by atoms with Gasteiger partial charge in [-0.15, -0.1) is 34.5 Å². The van der Waals surface area contributed by atoms with Gasteiger partial charge in [0, 0.05) is 10.9 Å². The first-order chi connectivity index (χ1) is 12.6. The molecule has 1 atom stereocenters. The number of thiophene rings is 1. The molecule has 0 saturated heterocycles. The van der Waals surface area contributed by atoms with Crippen LogP contribution < -0.4 is 5.32 Å². The molecule has 1 heterocycles. The van der Waals surface area contributed by atoms with Crippen LogP contribution in [0.1, 0.15) is 49.0 Å². The fourth-order valence-corrected chi connectivity index (χ4v) is 4.56. The number of alkyl halides is 2. The van der Waals surface area contributed by atoms with Gasteiger partial charge in [0.1, 0.15) is 14.9 Å². The maximum atomic E-state index is 12.6. The molecule has 4 nitrogen and oxygen atoms in total. The zero-order valence-electron chi connectivity index (χ0n) is 15.6. The Kier molecular flexibility index (Phi) is 5.32. The molecule has 1 fully saturated rings. The molecule has 1 aromatic heterocycles. The van der Waals surface area contributed by atoms with Crippen LogP contribution in [0, 0.1) is 5.41 Å². The van der Waals surface area contributed by atoms with E-state index in [9.17, 15) is 9.59 Å². The summed E-state index contributed by atoms with van der Waals surface area (Å²) in [4.78, 5) is 25.0. The zero-order chi connectivity index (χ0) is 20.0. The molecule has 1 aliphatic rings. The summed E-state index contributed by atoms with van der Waals surface area (Å²) in [6, 6.07) is 8.02. The molecule has 7 heteroatoms. The van der Waals surface area contributed by atoms with Crippen molar-refractivity contribution in [1.82, 2.24) is 0 Å². The van der Waals surface area contributed by atoms with Crippen molar-refractivity contribution >= 4 is 51.4 Å². The van der Waals surface area contributed by atoms with Crippen LogP contribution in [0.5, 0.6) is 0 Å². The molecule has 0 bridgehead atoms. The Hall–Kier alpha value is -1.56. The van der Waals surface area contributed by atoms with E-state index in [1.807, 2.05) is 29.6 Å². The first-order valence-corrected chi connectivity index (χ1v) is 10.2. The molecule has 2 aromatic rings. The second-order valence-electron chi connectivity index (χ2n) is 7.29. The Balaban J connectivity index is 1.95. The lowest BCUT2D eigenvalue weighted by Crippen LogP contribution is -2.26. The van der Waals surface area contributed by atoms with Crippen molar-refractivity contribution < 1.29 is 14.3 Å². The first kappa shape index (κ1) is 20.2. The lowest BCUT2D eigenvalue weighted by molar-refractivity contribution is -0.120. The Bertz CT molecular complexity index is 889. The minimum absolute atomic E-state index is 0.304. The maximum Gasteiger partial charge on any atom is 0.341 e. The average Bonchev–Trinajstić information content (AvgIpc) is 2.95. The highest BCUT2D eigenvalue weighted by atomic mass is 35.5. The molecule has 0 spiro atoms. The fraction of sp³-hybridized carbons (Fsp3) is 0.400. The Morgan fingerprint density at radius 2 is 1.81 bits per heavy atom. The number of anilines is 1. The van der Waals surface area contributed by atoms with Gasteiger partial charge >= 0.3 is 5.97 Å². The Morgan fingerprint density at radius 3 is 2.30 bits per heavy atom. The van der Waals surface area contributed by atoms with Crippen LogP contribution in [-0.4, -0.2) is 23.3 Å². The molecule has 1 aliphatic carbocycles. The van der Waals surface area contributed by atoms with Crippen molar-refractivity contribution in [3.63, 3.8) is 0 Å². The van der Waals surface area contributed by atoms with Gasteiger partial charge in [-0.1, -0.05) is 38.1 Å². The number of carbonyl (C=O) groups excluding carboxylic acids is 2. The summed E-state index contributed by atoms with van der Waals surface area (Å²) < 4.78 is 3.87. The van der Waals surface area contributed by atoms with Gasteiger partial charge < -0.3 is 10.1 Å². The van der Waals surface area contributed by atoms with E-state index < -0.39 is 15.7 Å². The number of benzene rings is 1. The molecular weight excluding hydrogens is 405 g/mol. The van der Waals surface area contributed by atoms with Crippen molar-refractivity contribution in [3.8, 4) is 11.1 Å². The number of esters is 1. The molecule has 27 heavy (non-hydrogen) atoms. The second kappa shape index (κ2) is 7.12. The van der Waals surface area contributed by atoms with E-state index >= 15 is 0 Å². The minimum atomic E-state index is -1.07. The Labute approximate surface area is 172 Å². The van der Waals surface area contributed by atoms with E-state index in [1.165, 1.54) is 24.0 Å². The normalized spacial score (nSPS) is 20.4. The van der Waals surface area contributed by atoms with Gasteiger partial charge in [0.05, 0.1) is 12.5 Å². The van der Waals surface area contributed by atoms with Crippen LogP contribution in [0.4, 0.5) is 5.00 Å². The number of nitrogens with one attached hydrogen (secondary N) is 1. The molecule has 0 radical (unpaired) electrons. The van der Waals surface area contributed by atoms with E-state index in [0.29, 0.717) is 22.9 Å². The van der Waals surface area contributed by atoms with Crippen LogP contribution >= 0.6 is 34.5 Å². The van der Waals surface area contributed by atoms with Crippen molar-refractivity contribution in [3.05, 3.63) is 40.8 Å². The summed E-state index contributed by atoms with van der Waals surface area (Å²) in [6.45, 7) is 5.96. The molecular formula is C20H21Cl2NO3S. The lowest BCUT2D eigenvalue weighted by Gasteiger charge is -2.13. The van der Waals surface area contributed by atoms with Gasteiger partial charge in [-0.2, -0.15) is 0 Å². The van der Waals surface area contributed by atoms with Crippen molar-refractivity contribution in [2.24, 2.45) is 5.41 Å². The van der Waals surface area contributed by atoms with E-state index in [4.69, 9.17) is 27.9 Å². The van der Waals surface area contributed by atoms with E-state index in [1.54, 1.807) is 6.92 Å². The number of rotatable bonds is 5. The molecule has 1 unspecified atom stereocenters. The number of amides is 1. The van der Waals surface area contributed by atoms with E-state index in [2.05, 4.69) is 19.2 Å². The monoisotopic (exact) mass is 425 g/mol. The van der Waals surface area contributed by atoms with Crippen LogP contribution in [-0.2, 0) is 9.53 Å². The molecule has 1 amide bonds. The number of hydrogen-bond acceptors (Lipinski definition) is 4. The summed E-state index contributed by atoms with van der Waals surface area (Å²) in [5.74, 6) is -0.387. The smallest absolute Gasteiger partial charge is 0.341 e. The zero-order valence-corrected chi connectivity index (χ0v) is 17.9. The van der Waals surface area contributed by atoms with E-state index in [0.717, 1.165) is 11.1 Å². The third-order valence-electron chi connectivity index (χ3n) is 5.05. The van der Waals surface area contributed by atoms with Gasteiger partial charge in [-0.3, -0.25) is 4.79 Å². The predicted molar refractivity (Wildman–Crippen MR) is 111 cm³/mol. The molecule has 1 N–H and O–H groups in total. The van der Waals surface area contributed by atoms with Crippen LogP contribution in [0.3, 0.4) is 0 Å². The number of hydrogen-bond donors (Lipinski definition) is 1. The highest BCUT2D eigenvalue weighted by molar-refractivity contribution is 7.15. The summed E-state index contributed by atoms with van der Waals surface area (Å²) in [5, 5.41) is 5.09. The van der Waals surface area contributed by atoms with Crippen molar-refractivity contribution in [2.45, 2.75) is 37.4 Å². The maximum absolute atomic E-state index is 12.6. The standard InChI is InChI=1S/C20H21Cl2NO3S/c1-11(2)12-5-7-13(8-6-12)14-9-27-16(15(14)17(24)26-4)23-18(25)19(3)10-20(19,21)22/h5-9,11H,10H2,1-4H3,(H,23,25). The fourth-order valence-electron chi connectivity index (χ4n) is 2.90. The van der Waals surface area contributed by atoms with Crippen LogP contribution in [0.25, 0.3) is 11.1 Å². The van der Waals surface area contributed by atoms with Gasteiger partial charge in [0.2, 0.25) is 5.91 Å². The Morgan fingerprint density at radius 1 is 1.22 bits per heavy atom. The van der Waals surface area contributed by atoms with E-state index in [-0.39, 0.29) is 5.91 Å². The molecule has 3 rings (SSSR count). The minimum Gasteiger partial charge on any atom is -0.465 e.